The van der Waals surface area contributed by atoms with E-state index >= 15 is 0 Å². The van der Waals surface area contributed by atoms with Gasteiger partial charge in [-0.1, -0.05) is 0 Å². The number of fused-ring (bicyclic) bond motifs is 1. The first-order chi connectivity index (χ1) is 10.8. The molecule has 0 aromatic carbocycles. The summed E-state index contributed by atoms with van der Waals surface area (Å²) in [5, 5.41) is 11.3. The lowest BCUT2D eigenvalue weighted by atomic mass is 9.95. The van der Waals surface area contributed by atoms with Crippen molar-refractivity contribution in [2.24, 2.45) is 5.41 Å². The highest BCUT2D eigenvalue weighted by Gasteiger charge is 2.46. The van der Waals surface area contributed by atoms with E-state index in [1.165, 1.54) is 19.3 Å². The zero-order chi connectivity index (χ0) is 16.4. The summed E-state index contributed by atoms with van der Waals surface area (Å²) < 4.78 is 40.2. The SMILES string of the molecule is Cc1c(N2CCCC3(CC3)C2)nn2c(C(F)(F)F)nnc2c1C. The van der Waals surface area contributed by atoms with Crippen LogP contribution in [0, 0.1) is 19.3 Å². The highest BCUT2D eigenvalue weighted by molar-refractivity contribution is 5.59. The Morgan fingerprint density at radius 1 is 1.04 bits per heavy atom. The molecule has 2 aliphatic rings. The topological polar surface area (TPSA) is 46.3 Å². The molecule has 3 heterocycles. The molecule has 0 N–H and O–H groups in total. The Bertz CT molecular complexity index is 775. The second-order valence-corrected chi connectivity index (χ2v) is 6.86. The number of hydrogen-bond acceptors (Lipinski definition) is 4. The van der Waals surface area contributed by atoms with E-state index in [1.54, 1.807) is 6.92 Å². The van der Waals surface area contributed by atoms with Gasteiger partial charge in [0.05, 0.1) is 0 Å². The Hall–Kier alpha value is -1.86. The summed E-state index contributed by atoms with van der Waals surface area (Å²) in [6, 6.07) is 0. The Balaban J connectivity index is 1.84. The summed E-state index contributed by atoms with van der Waals surface area (Å²) in [6.07, 6.45) is 0.135. The molecule has 2 aromatic rings. The van der Waals surface area contributed by atoms with Crippen LogP contribution < -0.4 is 4.90 Å². The van der Waals surface area contributed by atoms with Crippen LogP contribution in [0.5, 0.6) is 0 Å². The van der Waals surface area contributed by atoms with Crippen molar-refractivity contribution in [1.82, 2.24) is 19.8 Å². The molecule has 4 rings (SSSR count). The Kier molecular flexibility index (Phi) is 2.93. The van der Waals surface area contributed by atoms with E-state index in [0.717, 1.165) is 29.6 Å². The predicted molar refractivity (Wildman–Crippen MR) is 78.4 cm³/mol. The highest BCUT2D eigenvalue weighted by Crippen LogP contribution is 2.52. The number of aryl methyl sites for hydroxylation is 1. The first kappa shape index (κ1) is 14.7. The molecule has 2 fully saturated rings. The second-order valence-electron chi connectivity index (χ2n) is 6.86. The van der Waals surface area contributed by atoms with Crippen LogP contribution in [0.3, 0.4) is 0 Å². The van der Waals surface area contributed by atoms with Gasteiger partial charge in [-0.25, -0.2) is 0 Å². The van der Waals surface area contributed by atoms with Gasteiger partial charge in [0.15, 0.2) is 11.5 Å². The summed E-state index contributed by atoms with van der Waals surface area (Å²) in [5.41, 5.74) is 2.14. The molecule has 1 aliphatic heterocycles. The molecule has 0 amide bonds. The fourth-order valence-electron chi connectivity index (χ4n) is 3.56. The van der Waals surface area contributed by atoms with Gasteiger partial charge in [-0.2, -0.15) is 17.7 Å². The van der Waals surface area contributed by atoms with E-state index in [0.29, 0.717) is 16.8 Å². The fraction of sp³-hybridized carbons (Fsp3) is 0.667. The third kappa shape index (κ3) is 2.26. The van der Waals surface area contributed by atoms with Gasteiger partial charge in [-0.05, 0) is 44.9 Å². The minimum Gasteiger partial charge on any atom is -0.354 e. The van der Waals surface area contributed by atoms with Crippen molar-refractivity contribution in [1.29, 1.82) is 0 Å². The number of alkyl halides is 3. The first-order valence-corrected chi connectivity index (χ1v) is 7.86. The van der Waals surface area contributed by atoms with Crippen LogP contribution in [0.25, 0.3) is 5.65 Å². The molecule has 0 radical (unpaired) electrons. The maximum atomic E-state index is 13.1. The van der Waals surface area contributed by atoms with Crippen molar-refractivity contribution in [2.75, 3.05) is 18.0 Å². The second kappa shape index (κ2) is 4.58. The number of piperidine rings is 1. The van der Waals surface area contributed by atoms with Gasteiger partial charge in [-0.3, -0.25) is 0 Å². The third-order valence-corrected chi connectivity index (χ3v) is 5.24. The van der Waals surface area contributed by atoms with E-state index in [2.05, 4.69) is 20.2 Å². The lowest BCUT2D eigenvalue weighted by molar-refractivity contribution is -0.146. The lowest BCUT2D eigenvalue weighted by Crippen LogP contribution is -2.38. The molecule has 2 aromatic heterocycles. The van der Waals surface area contributed by atoms with Gasteiger partial charge >= 0.3 is 6.18 Å². The smallest absolute Gasteiger partial charge is 0.354 e. The molecule has 8 heteroatoms. The normalized spacial score (nSPS) is 20.5. The molecule has 1 saturated heterocycles. The van der Waals surface area contributed by atoms with Gasteiger partial charge in [-0.15, -0.1) is 15.3 Å². The number of aromatic nitrogens is 4. The van der Waals surface area contributed by atoms with Gasteiger partial charge in [0.25, 0.3) is 5.82 Å². The maximum absolute atomic E-state index is 13.1. The van der Waals surface area contributed by atoms with Crippen LogP contribution in [0.1, 0.15) is 42.6 Å². The van der Waals surface area contributed by atoms with E-state index in [-0.39, 0.29) is 5.65 Å². The van der Waals surface area contributed by atoms with Crippen LogP contribution >= 0.6 is 0 Å². The molecule has 5 nitrogen and oxygen atoms in total. The van der Waals surface area contributed by atoms with E-state index in [9.17, 15) is 13.2 Å². The van der Waals surface area contributed by atoms with Crippen molar-refractivity contribution in [3.63, 3.8) is 0 Å². The zero-order valence-corrected chi connectivity index (χ0v) is 13.1. The first-order valence-electron chi connectivity index (χ1n) is 7.86. The number of halogens is 3. The Morgan fingerprint density at radius 3 is 2.43 bits per heavy atom. The van der Waals surface area contributed by atoms with Crippen molar-refractivity contribution in [2.45, 2.75) is 45.7 Å². The Morgan fingerprint density at radius 2 is 1.78 bits per heavy atom. The predicted octanol–water partition coefficient (Wildman–Crippen LogP) is 3.14. The number of anilines is 1. The average Bonchev–Trinajstić information content (AvgIpc) is 3.07. The van der Waals surface area contributed by atoms with Crippen LogP contribution in [0.4, 0.5) is 19.0 Å². The molecule has 1 spiro atoms. The van der Waals surface area contributed by atoms with Gasteiger partial charge < -0.3 is 4.90 Å². The molecule has 124 valence electrons. The third-order valence-electron chi connectivity index (χ3n) is 5.24. The monoisotopic (exact) mass is 325 g/mol. The number of rotatable bonds is 1. The minimum atomic E-state index is -4.56. The zero-order valence-electron chi connectivity index (χ0n) is 13.1. The lowest BCUT2D eigenvalue weighted by Gasteiger charge is -2.34. The van der Waals surface area contributed by atoms with Gasteiger partial charge in [0, 0.05) is 24.2 Å². The van der Waals surface area contributed by atoms with Crippen molar-refractivity contribution >= 4 is 11.5 Å². The van der Waals surface area contributed by atoms with Crippen LogP contribution in [0.2, 0.25) is 0 Å². The van der Waals surface area contributed by atoms with E-state index in [4.69, 9.17) is 0 Å². The quantitative estimate of drug-likeness (QED) is 0.808. The van der Waals surface area contributed by atoms with Crippen LogP contribution in [0.15, 0.2) is 0 Å². The molecular weight excluding hydrogens is 307 g/mol. The average molecular weight is 325 g/mol. The summed E-state index contributed by atoms with van der Waals surface area (Å²) in [4.78, 5) is 2.14. The van der Waals surface area contributed by atoms with E-state index in [1.807, 2.05) is 6.92 Å². The summed E-state index contributed by atoms with van der Waals surface area (Å²) in [6.45, 7) is 5.40. The number of hydrogen-bond donors (Lipinski definition) is 0. The molecule has 0 atom stereocenters. The molecule has 1 saturated carbocycles. The molecular formula is C15H18F3N5. The number of nitrogens with zero attached hydrogens (tertiary/aromatic N) is 5. The molecule has 0 unspecified atom stereocenters. The van der Waals surface area contributed by atoms with Crippen molar-refractivity contribution in [3.05, 3.63) is 17.0 Å². The summed E-state index contributed by atoms with van der Waals surface area (Å²) in [7, 11) is 0. The van der Waals surface area contributed by atoms with Gasteiger partial charge in [0.2, 0.25) is 0 Å². The van der Waals surface area contributed by atoms with Crippen molar-refractivity contribution in [3.8, 4) is 0 Å². The summed E-state index contributed by atoms with van der Waals surface area (Å²) >= 11 is 0. The standard InChI is InChI=1S/C15H18F3N5/c1-9-10(2)12(22-7-3-4-14(8-22)5-6-14)21-23-11(9)19-20-13(23)15(16,17)18/h3-8H2,1-2H3. The van der Waals surface area contributed by atoms with Crippen LogP contribution in [-0.4, -0.2) is 32.9 Å². The summed E-state index contributed by atoms with van der Waals surface area (Å²) in [5.74, 6) is -0.429. The van der Waals surface area contributed by atoms with Crippen molar-refractivity contribution < 1.29 is 13.2 Å². The molecule has 0 bridgehead atoms. The van der Waals surface area contributed by atoms with Gasteiger partial charge in [0.1, 0.15) is 0 Å². The fourth-order valence-corrected chi connectivity index (χ4v) is 3.56. The minimum absolute atomic E-state index is 0.178. The molecule has 23 heavy (non-hydrogen) atoms. The molecule has 1 aliphatic carbocycles. The maximum Gasteiger partial charge on any atom is 0.453 e. The Labute approximate surface area is 131 Å². The van der Waals surface area contributed by atoms with Crippen LogP contribution in [-0.2, 0) is 6.18 Å². The van der Waals surface area contributed by atoms with E-state index < -0.39 is 12.0 Å². The highest BCUT2D eigenvalue weighted by atomic mass is 19.4. The largest absolute Gasteiger partial charge is 0.453 e.